The molecule has 0 heterocycles. The molecule has 3 aromatic rings. The highest BCUT2D eigenvalue weighted by molar-refractivity contribution is 6.06. The van der Waals surface area contributed by atoms with E-state index < -0.39 is 12.6 Å². The fraction of sp³-hybridized carbons (Fsp3) is 0.0526. The summed E-state index contributed by atoms with van der Waals surface area (Å²) in [6.07, 6.45) is 0. The maximum absolute atomic E-state index is 12.4. The molecule has 3 aromatic carbocycles. The molecule has 0 unspecified atom stereocenters. The highest BCUT2D eigenvalue weighted by Gasteiger charge is 2.08. The minimum atomic E-state index is -1.05. The number of aliphatic carboxylic acids is 1. The number of benzene rings is 3. The highest BCUT2D eigenvalue weighted by Crippen LogP contribution is 2.20. The zero-order chi connectivity index (χ0) is 16.9. The topological polar surface area (TPSA) is 75.6 Å². The summed E-state index contributed by atoms with van der Waals surface area (Å²) < 4.78 is 5.10. The molecular formula is C19H15NO4. The molecule has 5 nitrogen and oxygen atoms in total. The monoisotopic (exact) mass is 321 g/mol. The molecule has 0 spiro atoms. The Kier molecular flexibility index (Phi) is 4.43. The molecule has 0 saturated carbocycles. The Morgan fingerprint density at radius 2 is 1.71 bits per heavy atom. The first kappa shape index (κ1) is 15.6. The summed E-state index contributed by atoms with van der Waals surface area (Å²) in [5.74, 6) is -0.912. The SMILES string of the molecule is O=C(O)COc1cccc(NC(=O)c2ccc3ccccc3c2)c1. The predicted molar refractivity (Wildman–Crippen MR) is 91.5 cm³/mol. The molecule has 0 atom stereocenters. The van der Waals surface area contributed by atoms with Gasteiger partial charge in [0.1, 0.15) is 5.75 Å². The third-order valence-electron chi connectivity index (χ3n) is 3.47. The van der Waals surface area contributed by atoms with E-state index >= 15 is 0 Å². The van der Waals surface area contributed by atoms with E-state index in [1.54, 1.807) is 30.3 Å². The summed E-state index contributed by atoms with van der Waals surface area (Å²) >= 11 is 0. The summed E-state index contributed by atoms with van der Waals surface area (Å²) in [7, 11) is 0. The Morgan fingerprint density at radius 1 is 0.917 bits per heavy atom. The van der Waals surface area contributed by atoms with Crippen LogP contribution in [0.5, 0.6) is 5.75 Å². The van der Waals surface area contributed by atoms with Crippen molar-refractivity contribution in [2.45, 2.75) is 0 Å². The van der Waals surface area contributed by atoms with E-state index in [2.05, 4.69) is 5.32 Å². The number of carbonyl (C=O) groups is 2. The van der Waals surface area contributed by atoms with Crippen LogP contribution in [-0.4, -0.2) is 23.6 Å². The van der Waals surface area contributed by atoms with Gasteiger partial charge in [0, 0.05) is 17.3 Å². The fourth-order valence-electron chi connectivity index (χ4n) is 2.34. The van der Waals surface area contributed by atoms with Crippen LogP contribution in [0, 0.1) is 0 Å². The Labute approximate surface area is 138 Å². The van der Waals surface area contributed by atoms with Gasteiger partial charge in [-0.15, -0.1) is 0 Å². The minimum Gasteiger partial charge on any atom is -0.482 e. The van der Waals surface area contributed by atoms with E-state index in [1.165, 1.54) is 0 Å². The maximum atomic E-state index is 12.4. The molecule has 0 aliphatic carbocycles. The van der Waals surface area contributed by atoms with Gasteiger partial charge in [-0.05, 0) is 35.0 Å². The zero-order valence-corrected chi connectivity index (χ0v) is 12.7. The second-order valence-electron chi connectivity index (χ2n) is 5.23. The third kappa shape index (κ3) is 3.70. The summed E-state index contributed by atoms with van der Waals surface area (Å²) in [6.45, 7) is -0.428. The lowest BCUT2D eigenvalue weighted by Crippen LogP contribution is -2.12. The van der Waals surface area contributed by atoms with Crippen LogP contribution in [0.4, 0.5) is 5.69 Å². The van der Waals surface area contributed by atoms with Gasteiger partial charge in [-0.25, -0.2) is 4.79 Å². The van der Waals surface area contributed by atoms with Gasteiger partial charge in [0.05, 0.1) is 0 Å². The van der Waals surface area contributed by atoms with Gasteiger partial charge in [-0.2, -0.15) is 0 Å². The summed E-state index contributed by atoms with van der Waals surface area (Å²) in [6, 6.07) is 19.9. The lowest BCUT2D eigenvalue weighted by molar-refractivity contribution is -0.139. The maximum Gasteiger partial charge on any atom is 0.341 e. The van der Waals surface area contributed by atoms with Crippen molar-refractivity contribution in [1.29, 1.82) is 0 Å². The van der Waals surface area contributed by atoms with E-state index in [9.17, 15) is 9.59 Å². The molecule has 0 aliphatic rings. The number of anilines is 1. The van der Waals surface area contributed by atoms with Crippen LogP contribution in [0.15, 0.2) is 66.7 Å². The van der Waals surface area contributed by atoms with Crippen molar-refractivity contribution in [3.8, 4) is 5.75 Å². The summed E-state index contributed by atoms with van der Waals surface area (Å²) in [5, 5.41) is 13.5. The molecule has 1 amide bonds. The van der Waals surface area contributed by atoms with E-state index in [1.807, 2.05) is 36.4 Å². The number of hydrogen-bond donors (Lipinski definition) is 2. The highest BCUT2D eigenvalue weighted by atomic mass is 16.5. The number of carboxylic acids is 1. The van der Waals surface area contributed by atoms with Crippen molar-refractivity contribution in [3.05, 3.63) is 72.3 Å². The first-order valence-corrected chi connectivity index (χ1v) is 7.36. The zero-order valence-electron chi connectivity index (χ0n) is 12.7. The van der Waals surface area contributed by atoms with Gasteiger partial charge in [0.15, 0.2) is 6.61 Å². The van der Waals surface area contributed by atoms with Crippen molar-refractivity contribution in [1.82, 2.24) is 0 Å². The summed E-state index contributed by atoms with van der Waals surface area (Å²) in [4.78, 5) is 22.9. The van der Waals surface area contributed by atoms with Gasteiger partial charge in [0.25, 0.3) is 5.91 Å². The Bertz CT molecular complexity index is 905. The first-order chi connectivity index (χ1) is 11.6. The number of amides is 1. The van der Waals surface area contributed by atoms with Gasteiger partial charge < -0.3 is 15.2 Å². The van der Waals surface area contributed by atoms with Crippen molar-refractivity contribution in [2.24, 2.45) is 0 Å². The second kappa shape index (κ2) is 6.83. The smallest absolute Gasteiger partial charge is 0.341 e. The molecule has 5 heteroatoms. The van der Waals surface area contributed by atoms with Crippen LogP contribution >= 0.6 is 0 Å². The first-order valence-electron chi connectivity index (χ1n) is 7.36. The lowest BCUT2D eigenvalue weighted by Gasteiger charge is -2.08. The quantitative estimate of drug-likeness (QED) is 0.753. The van der Waals surface area contributed by atoms with E-state index in [0.29, 0.717) is 17.0 Å². The van der Waals surface area contributed by atoms with Crippen LogP contribution in [0.1, 0.15) is 10.4 Å². The van der Waals surface area contributed by atoms with Gasteiger partial charge in [0.2, 0.25) is 0 Å². The number of rotatable bonds is 5. The Morgan fingerprint density at radius 3 is 2.50 bits per heavy atom. The van der Waals surface area contributed by atoms with E-state index in [4.69, 9.17) is 9.84 Å². The molecule has 0 bridgehead atoms. The van der Waals surface area contributed by atoms with E-state index in [-0.39, 0.29) is 5.91 Å². The molecule has 2 N–H and O–H groups in total. The van der Waals surface area contributed by atoms with Gasteiger partial charge >= 0.3 is 5.97 Å². The minimum absolute atomic E-state index is 0.240. The molecule has 0 aromatic heterocycles. The average Bonchev–Trinajstić information content (AvgIpc) is 2.60. The molecule has 0 radical (unpaired) electrons. The molecule has 3 rings (SSSR count). The standard InChI is InChI=1S/C19H15NO4/c21-18(22)12-24-17-7-3-6-16(11-17)20-19(23)15-9-8-13-4-1-2-5-14(13)10-15/h1-11H,12H2,(H,20,23)(H,21,22). The Balaban J connectivity index is 1.75. The number of carbonyl (C=O) groups excluding carboxylic acids is 1. The average molecular weight is 321 g/mol. The fourth-order valence-corrected chi connectivity index (χ4v) is 2.34. The molecule has 120 valence electrons. The number of hydrogen-bond acceptors (Lipinski definition) is 3. The van der Waals surface area contributed by atoms with Crippen molar-refractivity contribution >= 4 is 28.3 Å². The lowest BCUT2D eigenvalue weighted by atomic mass is 10.1. The number of carboxylic acid groups (broad SMARTS) is 1. The van der Waals surface area contributed by atoms with E-state index in [0.717, 1.165) is 10.8 Å². The van der Waals surface area contributed by atoms with Crippen molar-refractivity contribution in [2.75, 3.05) is 11.9 Å². The van der Waals surface area contributed by atoms with Gasteiger partial charge in [-0.1, -0.05) is 36.4 Å². The number of ether oxygens (including phenoxy) is 1. The number of fused-ring (bicyclic) bond motifs is 1. The molecule has 0 fully saturated rings. The molecule has 0 aliphatic heterocycles. The predicted octanol–water partition coefficient (Wildman–Crippen LogP) is 3.56. The van der Waals surface area contributed by atoms with Crippen LogP contribution in [0.3, 0.4) is 0 Å². The van der Waals surface area contributed by atoms with Gasteiger partial charge in [-0.3, -0.25) is 4.79 Å². The third-order valence-corrected chi connectivity index (χ3v) is 3.47. The normalized spacial score (nSPS) is 10.3. The van der Waals surface area contributed by atoms with Crippen molar-refractivity contribution in [3.63, 3.8) is 0 Å². The van der Waals surface area contributed by atoms with Crippen LogP contribution in [0.2, 0.25) is 0 Å². The largest absolute Gasteiger partial charge is 0.482 e. The van der Waals surface area contributed by atoms with Crippen molar-refractivity contribution < 1.29 is 19.4 Å². The Hall–Kier alpha value is -3.34. The van der Waals surface area contributed by atoms with Crippen LogP contribution in [-0.2, 0) is 4.79 Å². The van der Waals surface area contributed by atoms with Crippen LogP contribution < -0.4 is 10.1 Å². The molecule has 0 saturated heterocycles. The molecule has 24 heavy (non-hydrogen) atoms. The summed E-state index contributed by atoms with van der Waals surface area (Å²) in [5.41, 5.74) is 1.08. The second-order valence-corrected chi connectivity index (χ2v) is 5.23. The van der Waals surface area contributed by atoms with Crippen LogP contribution in [0.25, 0.3) is 10.8 Å². The number of nitrogens with one attached hydrogen (secondary N) is 1. The molecular weight excluding hydrogens is 306 g/mol.